The van der Waals surface area contributed by atoms with Crippen LogP contribution in [0.4, 0.5) is 0 Å². The number of sulfonamides is 1. The van der Waals surface area contributed by atoms with Gasteiger partial charge in [0.15, 0.2) is 0 Å². The monoisotopic (exact) mass is 286 g/mol. The van der Waals surface area contributed by atoms with Gasteiger partial charge >= 0.3 is 0 Å². The lowest BCUT2D eigenvalue weighted by atomic mass is 10.0. The van der Waals surface area contributed by atoms with Gasteiger partial charge in [0.2, 0.25) is 15.5 Å². The largest absolute Gasteiger partial charge is 0.396 e. The summed E-state index contributed by atoms with van der Waals surface area (Å²) in [5, 5.41) is 9.04. The smallest absolute Gasteiger partial charge is 0.248 e. The zero-order chi connectivity index (χ0) is 13.9. The summed E-state index contributed by atoms with van der Waals surface area (Å²) in [6.45, 7) is 0.350. The maximum Gasteiger partial charge on any atom is 0.248 e. The molecule has 1 atom stereocenters. The first-order valence-electron chi connectivity index (χ1n) is 6.37. The maximum atomic E-state index is 12.5. The van der Waals surface area contributed by atoms with Crippen LogP contribution in [0.3, 0.4) is 0 Å². The number of aliphatic hydroxyl groups is 1. The summed E-state index contributed by atoms with van der Waals surface area (Å²) >= 11 is 0. The van der Waals surface area contributed by atoms with Crippen LogP contribution in [-0.4, -0.2) is 42.0 Å². The Bertz CT molecular complexity index is 579. The lowest BCUT2D eigenvalue weighted by Gasteiger charge is -2.34. The summed E-state index contributed by atoms with van der Waals surface area (Å²) in [7, 11) is -3.79. The predicted octanol–water partition coefficient (Wildman–Crippen LogP) is 0.301. The second-order valence-electron chi connectivity index (χ2n) is 4.65. The first-order valence-corrected chi connectivity index (χ1v) is 7.81. The van der Waals surface area contributed by atoms with E-state index in [1.54, 1.807) is 0 Å². The average Bonchev–Trinajstić information content (AvgIpc) is 2.40. The fourth-order valence-corrected chi connectivity index (χ4v) is 4.22. The number of nitrogens with zero attached hydrogens (tertiary/aromatic N) is 1. The van der Waals surface area contributed by atoms with Gasteiger partial charge in [-0.2, -0.15) is 4.31 Å². The van der Waals surface area contributed by atoms with Gasteiger partial charge in [-0.3, -0.25) is 4.79 Å². The minimum Gasteiger partial charge on any atom is -0.396 e. The standard InChI is InChI=1S/C12H18N2O4S/c15-8-5-10-3-1-2-7-14(10)19(17,18)12-9-13-6-4-11(12)16/h4,6,9-10,15H,1-3,5,7-8H2,(H,13,16). The molecule has 0 amide bonds. The van der Waals surface area contributed by atoms with E-state index in [1.807, 2.05) is 0 Å². The Hall–Kier alpha value is -1.18. The molecule has 2 heterocycles. The van der Waals surface area contributed by atoms with Crippen molar-refractivity contribution in [1.29, 1.82) is 0 Å². The Morgan fingerprint density at radius 2 is 2.21 bits per heavy atom. The van der Waals surface area contributed by atoms with Gasteiger partial charge in [0, 0.05) is 37.7 Å². The lowest BCUT2D eigenvalue weighted by molar-refractivity contribution is 0.192. The van der Waals surface area contributed by atoms with Crippen LogP contribution >= 0.6 is 0 Å². The number of pyridine rings is 1. The van der Waals surface area contributed by atoms with E-state index in [1.165, 1.54) is 22.8 Å². The Labute approximate surface area is 112 Å². The van der Waals surface area contributed by atoms with Crippen LogP contribution in [0, 0.1) is 0 Å². The van der Waals surface area contributed by atoms with Crippen molar-refractivity contribution in [1.82, 2.24) is 9.29 Å². The molecule has 0 aromatic carbocycles. The molecule has 1 aromatic rings. The number of piperidine rings is 1. The van der Waals surface area contributed by atoms with Gasteiger partial charge in [0.25, 0.3) is 0 Å². The molecule has 1 aliphatic rings. The second-order valence-corrected chi connectivity index (χ2v) is 6.51. The molecular formula is C12H18N2O4S. The number of aliphatic hydroxyl groups excluding tert-OH is 1. The molecule has 0 radical (unpaired) electrons. The minimum atomic E-state index is -3.79. The van der Waals surface area contributed by atoms with Crippen LogP contribution in [0.25, 0.3) is 0 Å². The highest BCUT2D eigenvalue weighted by Gasteiger charge is 2.34. The highest BCUT2D eigenvalue weighted by molar-refractivity contribution is 7.89. The van der Waals surface area contributed by atoms with Crippen molar-refractivity contribution >= 4 is 10.0 Å². The quantitative estimate of drug-likeness (QED) is 0.833. The highest BCUT2D eigenvalue weighted by Crippen LogP contribution is 2.25. The van der Waals surface area contributed by atoms with Crippen molar-refractivity contribution in [2.75, 3.05) is 13.2 Å². The molecule has 106 valence electrons. The van der Waals surface area contributed by atoms with E-state index in [0.717, 1.165) is 19.3 Å². The van der Waals surface area contributed by atoms with Crippen LogP contribution < -0.4 is 5.43 Å². The Morgan fingerprint density at radius 1 is 1.42 bits per heavy atom. The Balaban J connectivity index is 2.37. The van der Waals surface area contributed by atoms with Gasteiger partial charge in [-0.1, -0.05) is 6.42 Å². The molecule has 0 bridgehead atoms. The molecular weight excluding hydrogens is 268 g/mol. The average molecular weight is 286 g/mol. The fourth-order valence-electron chi connectivity index (χ4n) is 2.46. The third kappa shape index (κ3) is 2.88. The molecule has 0 aliphatic carbocycles. The second kappa shape index (κ2) is 5.85. The highest BCUT2D eigenvalue weighted by atomic mass is 32.2. The molecule has 1 fully saturated rings. The molecule has 6 nitrogen and oxygen atoms in total. The summed E-state index contributed by atoms with van der Waals surface area (Å²) in [5.74, 6) is 0. The van der Waals surface area contributed by atoms with E-state index in [2.05, 4.69) is 4.98 Å². The molecule has 2 N–H and O–H groups in total. The number of nitrogens with one attached hydrogen (secondary N) is 1. The molecule has 19 heavy (non-hydrogen) atoms. The molecule has 1 aromatic heterocycles. The van der Waals surface area contributed by atoms with E-state index in [0.29, 0.717) is 13.0 Å². The first kappa shape index (κ1) is 14.2. The summed E-state index contributed by atoms with van der Waals surface area (Å²) in [5.41, 5.74) is -0.507. The van der Waals surface area contributed by atoms with E-state index in [9.17, 15) is 13.2 Å². The van der Waals surface area contributed by atoms with Gasteiger partial charge in [-0.15, -0.1) is 0 Å². The summed E-state index contributed by atoms with van der Waals surface area (Å²) in [6.07, 6.45) is 5.49. The van der Waals surface area contributed by atoms with Crippen molar-refractivity contribution in [3.05, 3.63) is 28.7 Å². The predicted molar refractivity (Wildman–Crippen MR) is 70.3 cm³/mol. The minimum absolute atomic E-state index is 0.0537. The Kier molecular flexibility index (Phi) is 4.38. The molecule has 0 spiro atoms. The molecule has 7 heteroatoms. The molecule has 1 unspecified atom stereocenters. The van der Waals surface area contributed by atoms with Crippen molar-refractivity contribution < 1.29 is 13.5 Å². The van der Waals surface area contributed by atoms with Gasteiger partial charge in [0.05, 0.1) is 0 Å². The van der Waals surface area contributed by atoms with Crippen LogP contribution in [0.15, 0.2) is 28.2 Å². The van der Waals surface area contributed by atoms with Crippen molar-refractivity contribution in [2.24, 2.45) is 0 Å². The van der Waals surface area contributed by atoms with Gasteiger partial charge in [-0.25, -0.2) is 8.42 Å². The number of hydrogen-bond donors (Lipinski definition) is 2. The van der Waals surface area contributed by atoms with Crippen LogP contribution in [0.5, 0.6) is 0 Å². The molecule has 0 saturated carbocycles. The maximum absolute atomic E-state index is 12.5. The fraction of sp³-hybridized carbons (Fsp3) is 0.583. The van der Waals surface area contributed by atoms with Crippen molar-refractivity contribution in [2.45, 2.75) is 36.6 Å². The summed E-state index contributed by atoms with van der Waals surface area (Å²) in [4.78, 5) is 14.1. The van der Waals surface area contributed by atoms with E-state index in [-0.39, 0.29) is 17.5 Å². The Morgan fingerprint density at radius 3 is 2.89 bits per heavy atom. The summed E-state index contributed by atoms with van der Waals surface area (Å²) in [6, 6.07) is 0.987. The van der Waals surface area contributed by atoms with Crippen LogP contribution in [0.1, 0.15) is 25.7 Å². The first-order chi connectivity index (χ1) is 9.07. The van der Waals surface area contributed by atoms with Crippen molar-refractivity contribution in [3.8, 4) is 0 Å². The van der Waals surface area contributed by atoms with E-state index < -0.39 is 15.5 Å². The van der Waals surface area contributed by atoms with Crippen LogP contribution in [-0.2, 0) is 10.0 Å². The third-order valence-corrected chi connectivity index (χ3v) is 5.38. The number of H-pyrrole nitrogens is 1. The summed E-state index contributed by atoms with van der Waals surface area (Å²) < 4.78 is 26.4. The number of hydrogen-bond acceptors (Lipinski definition) is 4. The lowest BCUT2D eigenvalue weighted by Crippen LogP contribution is -2.45. The van der Waals surface area contributed by atoms with Crippen molar-refractivity contribution in [3.63, 3.8) is 0 Å². The normalized spacial score (nSPS) is 21.4. The third-order valence-electron chi connectivity index (χ3n) is 3.41. The number of aromatic nitrogens is 1. The topological polar surface area (TPSA) is 90.5 Å². The molecule has 1 aliphatic heterocycles. The van der Waals surface area contributed by atoms with Gasteiger partial charge in [-0.05, 0) is 19.3 Å². The zero-order valence-electron chi connectivity index (χ0n) is 10.6. The van der Waals surface area contributed by atoms with Gasteiger partial charge < -0.3 is 10.1 Å². The number of rotatable bonds is 4. The van der Waals surface area contributed by atoms with Gasteiger partial charge in [0.1, 0.15) is 4.90 Å². The van der Waals surface area contributed by atoms with Crippen LogP contribution in [0.2, 0.25) is 0 Å². The number of aromatic amines is 1. The molecule has 1 saturated heterocycles. The van der Waals surface area contributed by atoms with E-state index >= 15 is 0 Å². The zero-order valence-corrected chi connectivity index (χ0v) is 11.4. The SMILES string of the molecule is O=c1cc[nH]cc1S(=O)(=O)N1CCCCC1CCO. The van der Waals surface area contributed by atoms with E-state index in [4.69, 9.17) is 5.11 Å². The molecule has 2 rings (SSSR count).